The quantitative estimate of drug-likeness (QED) is 0.243. The van der Waals surface area contributed by atoms with Crippen molar-refractivity contribution in [1.82, 2.24) is 10.2 Å². The van der Waals surface area contributed by atoms with E-state index in [0.717, 1.165) is 9.87 Å². The summed E-state index contributed by atoms with van der Waals surface area (Å²) in [6.07, 6.45) is 0.890. The zero-order valence-corrected chi connectivity index (χ0v) is 26.1. The second kappa shape index (κ2) is 14.7. The van der Waals surface area contributed by atoms with Gasteiger partial charge in [-0.3, -0.25) is 13.9 Å². The summed E-state index contributed by atoms with van der Waals surface area (Å²) in [6.45, 7) is 7.70. The minimum atomic E-state index is -4.13. The fourth-order valence-electron chi connectivity index (χ4n) is 4.46. The van der Waals surface area contributed by atoms with Gasteiger partial charge in [0.25, 0.3) is 10.0 Å². The summed E-state index contributed by atoms with van der Waals surface area (Å²) in [5.41, 5.74) is 1.85. The van der Waals surface area contributed by atoms with Crippen LogP contribution >= 0.6 is 23.2 Å². The highest BCUT2D eigenvalue weighted by Gasteiger charge is 2.34. The number of para-hydroxylation sites is 1. The van der Waals surface area contributed by atoms with Crippen molar-refractivity contribution >= 4 is 50.7 Å². The molecule has 1 unspecified atom stereocenters. The number of aryl methyl sites for hydroxylation is 1. The molecule has 0 aliphatic heterocycles. The summed E-state index contributed by atoms with van der Waals surface area (Å²) in [5.74, 6) is -0.609. The smallest absolute Gasteiger partial charge is 0.264 e. The lowest BCUT2D eigenvalue weighted by Crippen LogP contribution is -2.52. The lowest BCUT2D eigenvalue weighted by atomic mass is 10.1. The average molecular weight is 619 g/mol. The number of nitrogens with zero attached hydrogens (tertiary/aromatic N) is 2. The zero-order chi connectivity index (χ0) is 30.2. The van der Waals surface area contributed by atoms with Gasteiger partial charge in [-0.05, 0) is 60.2 Å². The zero-order valence-electron chi connectivity index (χ0n) is 23.8. The average Bonchev–Trinajstić information content (AvgIpc) is 2.96. The molecule has 3 aromatic rings. The van der Waals surface area contributed by atoms with E-state index >= 15 is 0 Å². The second-order valence-electron chi connectivity index (χ2n) is 10.1. The fraction of sp³-hybridized carbons (Fsp3) is 0.355. The molecular formula is C31H37Cl2N3O4S. The van der Waals surface area contributed by atoms with Gasteiger partial charge in [0.1, 0.15) is 12.6 Å². The monoisotopic (exact) mass is 617 g/mol. The van der Waals surface area contributed by atoms with Crippen molar-refractivity contribution in [3.8, 4) is 0 Å². The summed E-state index contributed by atoms with van der Waals surface area (Å²) < 4.78 is 29.1. The number of sulfonamides is 1. The Kier molecular flexibility index (Phi) is 11.6. The number of benzene rings is 3. The molecular weight excluding hydrogens is 581 g/mol. The third-order valence-electron chi connectivity index (χ3n) is 6.66. The molecule has 0 aromatic heterocycles. The Morgan fingerprint density at radius 2 is 1.56 bits per heavy atom. The molecule has 0 heterocycles. The molecule has 0 radical (unpaired) electrons. The Hall–Kier alpha value is -3.07. The molecule has 0 fully saturated rings. The Bertz CT molecular complexity index is 1450. The topological polar surface area (TPSA) is 86.8 Å². The standard InChI is InChI=1S/C31H37Cl2N3O4S/c1-5-24-12-10-11-15-29(24)36(41(39,40)25-13-8-7-9-14-25)21-30(37)35(20-23-16-17-26(32)27(33)18-23)28(6-2)31(38)34-19-22(3)4/h7-18,22,28H,5-6,19-21H2,1-4H3,(H,34,38). The summed E-state index contributed by atoms with van der Waals surface area (Å²) >= 11 is 12.4. The van der Waals surface area contributed by atoms with Crippen molar-refractivity contribution in [2.45, 2.75) is 58.0 Å². The molecule has 1 atom stereocenters. The number of nitrogens with one attached hydrogen (secondary N) is 1. The summed E-state index contributed by atoms with van der Waals surface area (Å²) in [7, 11) is -4.13. The van der Waals surface area contributed by atoms with E-state index in [1.54, 1.807) is 48.5 Å². The number of carbonyl (C=O) groups is 2. The van der Waals surface area contributed by atoms with Gasteiger partial charge in [-0.15, -0.1) is 0 Å². The molecule has 41 heavy (non-hydrogen) atoms. The number of amides is 2. The SMILES string of the molecule is CCc1ccccc1N(CC(=O)N(Cc1ccc(Cl)c(Cl)c1)C(CC)C(=O)NCC(C)C)S(=O)(=O)c1ccccc1. The molecule has 220 valence electrons. The summed E-state index contributed by atoms with van der Waals surface area (Å²) in [4.78, 5) is 29.0. The van der Waals surface area contributed by atoms with E-state index in [0.29, 0.717) is 40.7 Å². The maximum absolute atomic E-state index is 14.2. The Balaban J connectivity index is 2.09. The van der Waals surface area contributed by atoms with E-state index in [2.05, 4.69) is 5.32 Å². The maximum Gasteiger partial charge on any atom is 0.264 e. The third kappa shape index (κ3) is 8.24. The van der Waals surface area contributed by atoms with Gasteiger partial charge < -0.3 is 10.2 Å². The molecule has 0 saturated heterocycles. The van der Waals surface area contributed by atoms with Crippen LogP contribution in [0.15, 0.2) is 77.7 Å². The molecule has 0 saturated carbocycles. The van der Waals surface area contributed by atoms with Crippen LogP contribution in [0.2, 0.25) is 10.0 Å². The first-order valence-corrected chi connectivity index (χ1v) is 15.9. The van der Waals surface area contributed by atoms with Crippen LogP contribution < -0.4 is 9.62 Å². The first kappa shape index (κ1) is 32.4. The molecule has 1 N–H and O–H groups in total. The number of anilines is 1. The Morgan fingerprint density at radius 3 is 2.17 bits per heavy atom. The molecule has 7 nitrogen and oxygen atoms in total. The minimum absolute atomic E-state index is 0.0397. The van der Waals surface area contributed by atoms with Crippen LogP contribution in [0.4, 0.5) is 5.69 Å². The van der Waals surface area contributed by atoms with Gasteiger partial charge in [0.15, 0.2) is 0 Å². The van der Waals surface area contributed by atoms with E-state index in [1.807, 2.05) is 39.8 Å². The number of halogens is 2. The summed E-state index contributed by atoms with van der Waals surface area (Å²) in [5, 5.41) is 3.61. The van der Waals surface area contributed by atoms with Gasteiger partial charge in [-0.25, -0.2) is 8.42 Å². The van der Waals surface area contributed by atoms with E-state index in [9.17, 15) is 18.0 Å². The predicted octanol–water partition coefficient (Wildman–Crippen LogP) is 6.33. The van der Waals surface area contributed by atoms with Crippen molar-refractivity contribution in [2.75, 3.05) is 17.4 Å². The van der Waals surface area contributed by atoms with E-state index in [4.69, 9.17) is 23.2 Å². The highest BCUT2D eigenvalue weighted by Crippen LogP contribution is 2.29. The van der Waals surface area contributed by atoms with Gasteiger partial charge >= 0.3 is 0 Å². The van der Waals surface area contributed by atoms with Crippen molar-refractivity contribution in [1.29, 1.82) is 0 Å². The number of carbonyl (C=O) groups excluding carboxylic acids is 2. The normalized spacial score (nSPS) is 12.2. The molecule has 10 heteroatoms. The van der Waals surface area contributed by atoms with Crippen LogP contribution in [0.1, 0.15) is 45.2 Å². The van der Waals surface area contributed by atoms with Crippen molar-refractivity contribution < 1.29 is 18.0 Å². The lowest BCUT2D eigenvalue weighted by Gasteiger charge is -2.34. The molecule has 0 aliphatic rings. The fourth-order valence-corrected chi connectivity index (χ4v) is 6.26. The molecule has 0 aliphatic carbocycles. The van der Waals surface area contributed by atoms with Crippen LogP contribution in [0, 0.1) is 5.92 Å². The predicted molar refractivity (Wildman–Crippen MR) is 166 cm³/mol. The minimum Gasteiger partial charge on any atom is -0.354 e. The van der Waals surface area contributed by atoms with Crippen molar-refractivity contribution in [2.24, 2.45) is 5.92 Å². The van der Waals surface area contributed by atoms with Gasteiger partial charge in [0.2, 0.25) is 11.8 Å². The molecule has 3 rings (SSSR count). The molecule has 3 aromatic carbocycles. The van der Waals surface area contributed by atoms with E-state index in [-0.39, 0.29) is 23.3 Å². The van der Waals surface area contributed by atoms with Crippen molar-refractivity contribution in [3.05, 3.63) is 94.0 Å². The van der Waals surface area contributed by atoms with Gasteiger partial charge in [-0.2, -0.15) is 0 Å². The highest BCUT2D eigenvalue weighted by molar-refractivity contribution is 7.92. The molecule has 2 amide bonds. The number of rotatable bonds is 13. The van der Waals surface area contributed by atoms with E-state index < -0.39 is 28.5 Å². The number of hydrogen-bond donors (Lipinski definition) is 1. The van der Waals surface area contributed by atoms with Crippen LogP contribution in [0.25, 0.3) is 0 Å². The Morgan fingerprint density at radius 1 is 0.902 bits per heavy atom. The number of hydrogen-bond acceptors (Lipinski definition) is 4. The first-order valence-electron chi connectivity index (χ1n) is 13.7. The molecule has 0 spiro atoms. The van der Waals surface area contributed by atoms with Gasteiger partial charge in [0.05, 0.1) is 20.6 Å². The van der Waals surface area contributed by atoms with Crippen LogP contribution in [-0.4, -0.2) is 44.3 Å². The molecule has 0 bridgehead atoms. The third-order valence-corrected chi connectivity index (χ3v) is 9.17. The van der Waals surface area contributed by atoms with Crippen LogP contribution in [0.5, 0.6) is 0 Å². The lowest BCUT2D eigenvalue weighted by molar-refractivity contribution is -0.140. The van der Waals surface area contributed by atoms with Crippen molar-refractivity contribution in [3.63, 3.8) is 0 Å². The maximum atomic E-state index is 14.2. The highest BCUT2D eigenvalue weighted by atomic mass is 35.5. The summed E-state index contributed by atoms with van der Waals surface area (Å²) in [6, 6.07) is 19.3. The van der Waals surface area contributed by atoms with Gasteiger partial charge in [0, 0.05) is 13.1 Å². The Labute approximate surface area is 253 Å². The van der Waals surface area contributed by atoms with Gasteiger partial charge in [-0.1, -0.05) is 93.4 Å². The van der Waals surface area contributed by atoms with E-state index in [1.165, 1.54) is 17.0 Å². The van der Waals surface area contributed by atoms with Crippen LogP contribution in [-0.2, 0) is 32.6 Å². The second-order valence-corrected chi connectivity index (χ2v) is 12.8. The van der Waals surface area contributed by atoms with Crippen LogP contribution in [0.3, 0.4) is 0 Å². The largest absolute Gasteiger partial charge is 0.354 e. The first-order chi connectivity index (χ1) is 19.5.